The van der Waals surface area contributed by atoms with Gasteiger partial charge in [-0.15, -0.1) is 0 Å². The van der Waals surface area contributed by atoms with Crippen LogP contribution in [0.5, 0.6) is 0 Å². The summed E-state index contributed by atoms with van der Waals surface area (Å²) in [6.45, 7) is 7.72. The van der Waals surface area contributed by atoms with Crippen molar-refractivity contribution in [3.05, 3.63) is 11.4 Å². The van der Waals surface area contributed by atoms with Crippen molar-refractivity contribution in [3.8, 4) is 0 Å². The summed E-state index contributed by atoms with van der Waals surface area (Å²) in [5.41, 5.74) is 6.71. The lowest BCUT2D eigenvalue weighted by molar-refractivity contribution is 0.0463. The number of amides is 1. The van der Waals surface area contributed by atoms with Gasteiger partial charge in [-0.05, 0) is 27.7 Å². The molecule has 102 valence electrons. The molecule has 0 aliphatic rings. The molecule has 0 aliphatic carbocycles. The van der Waals surface area contributed by atoms with Gasteiger partial charge in [-0.3, -0.25) is 9.48 Å². The summed E-state index contributed by atoms with van der Waals surface area (Å²) >= 11 is 0. The molecule has 0 aromatic carbocycles. The van der Waals surface area contributed by atoms with Crippen LogP contribution < -0.4 is 5.73 Å². The minimum Gasteiger partial charge on any atom is -0.395 e. The van der Waals surface area contributed by atoms with Gasteiger partial charge >= 0.3 is 0 Å². The van der Waals surface area contributed by atoms with Crippen molar-refractivity contribution in [1.82, 2.24) is 14.7 Å². The van der Waals surface area contributed by atoms with Gasteiger partial charge < -0.3 is 15.7 Å². The summed E-state index contributed by atoms with van der Waals surface area (Å²) in [5.74, 6) is -0.228. The number of hydrogen-bond acceptors (Lipinski definition) is 4. The third-order valence-corrected chi connectivity index (χ3v) is 3.28. The Balaban J connectivity index is 3.19. The van der Waals surface area contributed by atoms with Gasteiger partial charge in [0, 0.05) is 13.6 Å². The number of rotatable bonds is 4. The molecule has 1 rings (SSSR count). The van der Waals surface area contributed by atoms with Gasteiger partial charge in [0.2, 0.25) is 0 Å². The van der Waals surface area contributed by atoms with Crippen molar-refractivity contribution >= 4 is 11.6 Å². The van der Waals surface area contributed by atoms with Gasteiger partial charge in [0.25, 0.3) is 5.91 Å². The average molecular weight is 254 g/mol. The molecular formula is C12H22N4O2. The summed E-state index contributed by atoms with van der Waals surface area (Å²) in [4.78, 5) is 13.9. The number of aliphatic hydroxyl groups excluding tert-OH is 1. The van der Waals surface area contributed by atoms with Crippen LogP contribution in [0.15, 0.2) is 0 Å². The smallest absolute Gasteiger partial charge is 0.274 e. The number of nitrogens with zero attached hydrogens (tertiary/aromatic N) is 3. The van der Waals surface area contributed by atoms with E-state index in [1.54, 1.807) is 32.5 Å². The van der Waals surface area contributed by atoms with Crippen LogP contribution in [0.3, 0.4) is 0 Å². The van der Waals surface area contributed by atoms with Crippen LogP contribution in [0.25, 0.3) is 0 Å². The number of anilines is 1. The van der Waals surface area contributed by atoms with Crippen molar-refractivity contribution in [2.75, 3.05) is 19.4 Å². The van der Waals surface area contributed by atoms with E-state index in [0.717, 1.165) is 0 Å². The summed E-state index contributed by atoms with van der Waals surface area (Å²) in [6.07, 6.45) is 0. The lowest BCUT2D eigenvalue weighted by atomic mass is 10.0. The molecule has 0 aliphatic heterocycles. The highest BCUT2D eigenvalue weighted by molar-refractivity contribution is 5.98. The fourth-order valence-electron chi connectivity index (χ4n) is 1.59. The second kappa shape index (κ2) is 4.97. The Hall–Kier alpha value is -1.56. The number of nitrogens with two attached hydrogens (primary N) is 1. The van der Waals surface area contributed by atoms with Crippen LogP contribution >= 0.6 is 0 Å². The summed E-state index contributed by atoms with van der Waals surface area (Å²) in [5, 5.41) is 13.5. The normalized spacial score (nSPS) is 11.7. The molecule has 3 N–H and O–H groups in total. The van der Waals surface area contributed by atoms with E-state index in [1.807, 2.05) is 6.92 Å². The Morgan fingerprint density at radius 1 is 1.56 bits per heavy atom. The number of carbonyl (C=O) groups is 1. The third kappa shape index (κ3) is 2.33. The predicted molar refractivity (Wildman–Crippen MR) is 70.3 cm³/mol. The highest BCUT2D eigenvalue weighted by Crippen LogP contribution is 2.21. The van der Waals surface area contributed by atoms with E-state index in [0.29, 0.717) is 23.6 Å². The second-order valence-electron chi connectivity index (χ2n) is 5.00. The van der Waals surface area contributed by atoms with Gasteiger partial charge in [0.15, 0.2) is 0 Å². The van der Waals surface area contributed by atoms with Crippen LogP contribution in [-0.2, 0) is 6.54 Å². The van der Waals surface area contributed by atoms with Crippen LogP contribution in [0, 0.1) is 6.92 Å². The molecule has 0 fully saturated rings. The van der Waals surface area contributed by atoms with Crippen LogP contribution in [-0.4, -0.2) is 44.9 Å². The first-order valence-corrected chi connectivity index (χ1v) is 5.98. The van der Waals surface area contributed by atoms with Crippen molar-refractivity contribution in [2.24, 2.45) is 0 Å². The molecule has 1 heterocycles. The molecule has 1 aromatic heterocycles. The van der Waals surface area contributed by atoms with Gasteiger partial charge in [-0.1, -0.05) is 0 Å². The fraction of sp³-hybridized carbons (Fsp3) is 0.667. The van der Waals surface area contributed by atoms with E-state index < -0.39 is 5.54 Å². The largest absolute Gasteiger partial charge is 0.395 e. The summed E-state index contributed by atoms with van der Waals surface area (Å²) < 4.78 is 1.59. The summed E-state index contributed by atoms with van der Waals surface area (Å²) in [6, 6.07) is 0. The molecule has 18 heavy (non-hydrogen) atoms. The van der Waals surface area contributed by atoms with E-state index in [-0.39, 0.29) is 12.5 Å². The number of aryl methyl sites for hydroxylation is 2. The zero-order valence-electron chi connectivity index (χ0n) is 11.7. The zero-order valence-corrected chi connectivity index (χ0v) is 11.7. The average Bonchev–Trinajstić information content (AvgIpc) is 2.63. The minimum atomic E-state index is -0.639. The van der Waals surface area contributed by atoms with Gasteiger partial charge in [-0.25, -0.2) is 0 Å². The number of aromatic nitrogens is 2. The molecule has 0 saturated carbocycles. The molecule has 1 amide bonds. The molecule has 0 atom stereocenters. The van der Waals surface area contributed by atoms with Crippen molar-refractivity contribution in [2.45, 2.75) is 39.8 Å². The number of hydrogen-bond donors (Lipinski definition) is 2. The Labute approximate surface area is 107 Å². The van der Waals surface area contributed by atoms with Gasteiger partial charge in [0.05, 0.1) is 23.5 Å². The molecular weight excluding hydrogens is 232 g/mol. The highest BCUT2D eigenvalue weighted by Gasteiger charge is 2.31. The molecule has 0 bridgehead atoms. The second-order valence-corrected chi connectivity index (χ2v) is 5.00. The lowest BCUT2D eigenvalue weighted by Gasteiger charge is -2.34. The number of likely N-dealkylation sites (N-methyl/N-ethyl adjacent to an activating group) is 1. The lowest BCUT2D eigenvalue weighted by Crippen LogP contribution is -2.48. The Bertz CT molecular complexity index is 451. The van der Waals surface area contributed by atoms with E-state index in [9.17, 15) is 9.90 Å². The standard InChI is InChI=1S/C12H22N4O2/c1-6-16-10(9(13)8(2)14-16)11(18)15(5)12(3,4)7-17/h17H,6-7,13H2,1-5H3. The maximum absolute atomic E-state index is 12.4. The van der Waals surface area contributed by atoms with E-state index >= 15 is 0 Å². The van der Waals surface area contributed by atoms with Gasteiger partial charge in [0.1, 0.15) is 5.69 Å². The van der Waals surface area contributed by atoms with E-state index in [1.165, 1.54) is 4.90 Å². The maximum Gasteiger partial charge on any atom is 0.274 e. The first kappa shape index (κ1) is 14.5. The van der Waals surface area contributed by atoms with Gasteiger partial charge in [-0.2, -0.15) is 5.10 Å². The number of nitrogen functional groups attached to an aromatic ring is 1. The molecule has 0 saturated heterocycles. The first-order chi connectivity index (χ1) is 8.26. The van der Waals surface area contributed by atoms with Crippen molar-refractivity contribution in [3.63, 3.8) is 0 Å². The third-order valence-electron chi connectivity index (χ3n) is 3.28. The fourth-order valence-corrected chi connectivity index (χ4v) is 1.59. The van der Waals surface area contributed by atoms with E-state index in [4.69, 9.17) is 5.73 Å². The zero-order chi connectivity index (χ0) is 14.1. The molecule has 6 nitrogen and oxygen atoms in total. The molecule has 6 heteroatoms. The van der Waals surface area contributed by atoms with Crippen molar-refractivity contribution < 1.29 is 9.90 Å². The molecule has 1 aromatic rings. The summed E-state index contributed by atoms with van der Waals surface area (Å²) in [7, 11) is 1.65. The van der Waals surface area contributed by atoms with Crippen LogP contribution in [0.1, 0.15) is 37.0 Å². The number of aliphatic hydroxyl groups is 1. The quantitative estimate of drug-likeness (QED) is 0.825. The topological polar surface area (TPSA) is 84.4 Å². The SMILES string of the molecule is CCn1nc(C)c(N)c1C(=O)N(C)C(C)(C)CO. The first-order valence-electron chi connectivity index (χ1n) is 5.98. The monoisotopic (exact) mass is 254 g/mol. The molecule has 0 unspecified atom stereocenters. The van der Waals surface area contributed by atoms with E-state index in [2.05, 4.69) is 5.10 Å². The van der Waals surface area contributed by atoms with Crippen LogP contribution in [0.2, 0.25) is 0 Å². The highest BCUT2D eigenvalue weighted by atomic mass is 16.3. The van der Waals surface area contributed by atoms with Crippen LogP contribution in [0.4, 0.5) is 5.69 Å². The number of carbonyl (C=O) groups excluding carboxylic acids is 1. The molecule has 0 radical (unpaired) electrons. The predicted octanol–water partition coefficient (Wildman–Crippen LogP) is 0.637. The van der Waals surface area contributed by atoms with Crippen molar-refractivity contribution in [1.29, 1.82) is 0 Å². The minimum absolute atomic E-state index is 0.117. The Morgan fingerprint density at radius 2 is 2.11 bits per heavy atom. The molecule has 0 spiro atoms. The maximum atomic E-state index is 12.4. The Kier molecular flexibility index (Phi) is 4.01. The Morgan fingerprint density at radius 3 is 2.56 bits per heavy atom.